The Balaban J connectivity index is 0.696. The molecular formula is C136H114F2N2O2. The van der Waals surface area contributed by atoms with Crippen LogP contribution in [-0.2, 0) is 23.7 Å². The molecule has 0 N–H and O–H groups in total. The molecule has 2 aliphatic carbocycles. The van der Waals surface area contributed by atoms with Gasteiger partial charge in [-0.25, -0.2) is 8.78 Å². The Hall–Kier alpha value is -16.3. The van der Waals surface area contributed by atoms with E-state index < -0.39 is 10.8 Å². The van der Waals surface area contributed by atoms with Crippen molar-refractivity contribution in [1.29, 1.82) is 0 Å². The maximum absolute atomic E-state index is 14.6. The van der Waals surface area contributed by atoms with Crippen LogP contribution in [0.25, 0.3) is 101 Å². The summed E-state index contributed by atoms with van der Waals surface area (Å²) in [5, 5.41) is 0. The molecule has 0 aromatic heterocycles. The van der Waals surface area contributed by atoms with Crippen molar-refractivity contribution in [2.24, 2.45) is 0 Å². The van der Waals surface area contributed by atoms with Gasteiger partial charge in [0.25, 0.3) is 0 Å². The molecular weight excluding hydrogens is 1730 g/mol. The molecule has 0 saturated carbocycles. The van der Waals surface area contributed by atoms with Crippen molar-refractivity contribution in [1.82, 2.24) is 0 Å². The Bertz CT molecular complexity index is 7370. The molecule has 0 fully saturated rings. The fourth-order valence-corrected chi connectivity index (χ4v) is 22.2. The number of halogens is 2. The SMILES string of the molecule is C=Cc1ccc(Oc2ccc(C3(c4cc(C)ccc4C)c4ccccc4-c4ccc(N(c5ccc(-c6cc(CCCCCC)c(-c7ccc(N(c8ccc(-c9ccccc9-c9ccc(F)cc9)cc8)c8ccc9c(c8)C(c8ccc(Oc%10ccc(C=C)cc%10)cc8)(c8cc(C)ccc8C)c8ccccc8-9)cc7)cc6CCCCCC)cc5)c5ccc(-c6ccccc6-c6ccc(F)cc6)cc5)cc43)cc2)cc1. The minimum absolute atomic E-state index is 0.263. The monoisotopic (exact) mass is 1840 g/mol. The third-order valence-corrected chi connectivity index (χ3v) is 29.3. The first-order valence-corrected chi connectivity index (χ1v) is 50.2. The van der Waals surface area contributed by atoms with Crippen molar-refractivity contribution in [3.63, 3.8) is 0 Å². The fraction of sp³-hybridized carbons (Fsp3) is 0.132. The molecule has 2 unspecified atom stereocenters. The van der Waals surface area contributed by atoms with Crippen LogP contribution < -0.4 is 19.3 Å². The number of nitrogens with zero attached hydrogens (tertiary/aromatic N) is 2. The molecule has 142 heavy (non-hydrogen) atoms. The predicted molar refractivity (Wildman–Crippen MR) is 591 cm³/mol. The second-order valence-corrected chi connectivity index (χ2v) is 38.2. The van der Waals surface area contributed by atoms with Crippen LogP contribution in [0.1, 0.15) is 154 Å². The summed E-state index contributed by atoms with van der Waals surface area (Å²) < 4.78 is 42.4. The highest BCUT2D eigenvalue weighted by Gasteiger charge is 2.49. The quantitative estimate of drug-likeness (QED) is 0.0392. The van der Waals surface area contributed by atoms with E-state index in [4.69, 9.17) is 9.47 Å². The van der Waals surface area contributed by atoms with Crippen molar-refractivity contribution in [2.75, 3.05) is 9.80 Å². The maximum atomic E-state index is 14.6. The summed E-state index contributed by atoms with van der Waals surface area (Å²) in [7, 11) is 0. The Morgan fingerprint density at radius 2 is 0.528 bits per heavy atom. The zero-order valence-electron chi connectivity index (χ0n) is 81.5. The summed E-state index contributed by atoms with van der Waals surface area (Å²) in [5.74, 6) is 2.49. The highest BCUT2D eigenvalue weighted by molar-refractivity contribution is 5.95. The van der Waals surface area contributed by atoms with Gasteiger partial charge >= 0.3 is 0 Å². The van der Waals surface area contributed by atoms with Gasteiger partial charge in [-0.2, -0.15) is 0 Å². The first-order valence-electron chi connectivity index (χ1n) is 50.2. The third kappa shape index (κ3) is 17.8. The molecule has 694 valence electrons. The number of hydrogen-bond donors (Lipinski definition) is 0. The van der Waals surface area contributed by atoms with Crippen molar-refractivity contribution >= 4 is 46.3 Å². The molecule has 0 saturated heterocycles. The Labute approximate surface area is 835 Å². The van der Waals surface area contributed by atoms with Gasteiger partial charge in [-0.3, -0.25) is 0 Å². The number of rotatable bonds is 32. The van der Waals surface area contributed by atoms with E-state index in [9.17, 15) is 8.78 Å². The largest absolute Gasteiger partial charge is 0.457 e. The third-order valence-electron chi connectivity index (χ3n) is 29.3. The maximum Gasteiger partial charge on any atom is 0.127 e. The summed E-state index contributed by atoms with van der Waals surface area (Å²) in [6.07, 6.45) is 14.6. The molecule has 6 heteroatoms. The smallest absolute Gasteiger partial charge is 0.127 e. The fourth-order valence-electron chi connectivity index (χ4n) is 22.2. The number of ether oxygens (including phenoxy) is 2. The minimum Gasteiger partial charge on any atom is -0.457 e. The Morgan fingerprint density at radius 1 is 0.246 bits per heavy atom. The van der Waals surface area contributed by atoms with E-state index in [0.29, 0.717) is 0 Å². The topological polar surface area (TPSA) is 24.9 Å². The van der Waals surface area contributed by atoms with Gasteiger partial charge < -0.3 is 19.3 Å². The van der Waals surface area contributed by atoms with E-state index >= 15 is 0 Å². The summed E-state index contributed by atoms with van der Waals surface area (Å²) in [6, 6.07) is 152. The number of hydrogen-bond acceptors (Lipinski definition) is 4. The minimum atomic E-state index is -0.751. The van der Waals surface area contributed by atoms with E-state index in [0.717, 1.165) is 175 Å². The second kappa shape index (κ2) is 40.3. The van der Waals surface area contributed by atoms with Crippen molar-refractivity contribution in [2.45, 2.75) is 117 Å². The van der Waals surface area contributed by atoms with Gasteiger partial charge in [0.15, 0.2) is 0 Å². The normalized spacial score (nSPS) is 13.7. The van der Waals surface area contributed by atoms with Crippen LogP contribution in [-0.4, -0.2) is 0 Å². The van der Waals surface area contributed by atoms with Crippen LogP contribution in [0.5, 0.6) is 23.0 Å². The molecule has 4 nitrogen and oxygen atoms in total. The summed E-state index contributed by atoms with van der Waals surface area (Å²) in [6.45, 7) is 21.5. The second-order valence-electron chi connectivity index (χ2n) is 38.2. The van der Waals surface area contributed by atoms with Gasteiger partial charge in [-0.05, 0) is 366 Å². The highest BCUT2D eigenvalue weighted by Crippen LogP contribution is 2.61. The van der Waals surface area contributed by atoms with E-state index in [1.54, 1.807) is 24.3 Å². The van der Waals surface area contributed by atoms with Crippen molar-refractivity contribution in [3.8, 4) is 112 Å². The van der Waals surface area contributed by atoms with Gasteiger partial charge in [-0.1, -0.05) is 368 Å². The molecule has 19 aromatic rings. The van der Waals surface area contributed by atoms with E-state index in [1.807, 2.05) is 84.9 Å². The average molecular weight is 1850 g/mol. The van der Waals surface area contributed by atoms with E-state index in [-0.39, 0.29) is 11.6 Å². The van der Waals surface area contributed by atoms with Crippen LogP contribution in [0, 0.1) is 39.3 Å². The standard InChI is InChI=1S/C136H114F2N2O2/c1-9-13-15-17-27-103-87-128(102-55-71-112(72-56-102)140(110-67-51-100(52-68-110)122-32-22-20-30-120(122)98-47-63-108(138)64-48-98)114-74-84-126-124-34-24-26-36-130(124)136(134(126)90-114,132-86-92(6)38-40-94(132)8)106-59-81-118(82-60-106)142-116-77-43-96(12-4)44-78-116)104(28-18-16-14-10-2)88-127(103)101-53-69-111(70-54-101)139(109-65-49-99(50-66-109)121-31-21-19-29-119(121)97-45-61-107(137)62-46-97)113-73-83-125-123-33-23-25-35-129(123)135(133(125)89-113,131-85-91(5)37-39-93(131)7)105-57-79-117(80-58-105)141-115-75-41-95(11-3)42-76-115/h11-12,19-26,29-90H,3-4,9-10,13-18,27-28H2,1-2,5-8H3. The lowest BCUT2D eigenvalue weighted by Gasteiger charge is -2.36. The first kappa shape index (κ1) is 92.1. The molecule has 0 spiro atoms. The van der Waals surface area contributed by atoms with E-state index in [1.165, 1.54) is 124 Å². The average Bonchev–Trinajstić information content (AvgIpc) is 1.54. The van der Waals surface area contributed by atoms with Gasteiger partial charge in [0.2, 0.25) is 0 Å². The van der Waals surface area contributed by atoms with Gasteiger partial charge in [-0.15, -0.1) is 0 Å². The molecule has 2 aliphatic rings. The Kier molecular flexibility index (Phi) is 26.1. The highest BCUT2D eigenvalue weighted by atomic mass is 19.1. The summed E-state index contributed by atoms with van der Waals surface area (Å²) >= 11 is 0. The lowest BCUT2D eigenvalue weighted by atomic mass is 9.66. The lowest BCUT2D eigenvalue weighted by molar-refractivity contribution is 0.482. The summed E-state index contributed by atoms with van der Waals surface area (Å²) in [5.41, 5.74) is 41.5. The number of benzene rings is 19. The summed E-state index contributed by atoms with van der Waals surface area (Å²) in [4.78, 5) is 4.89. The number of fused-ring (bicyclic) bond motifs is 6. The molecule has 19 aromatic carbocycles. The Morgan fingerprint density at radius 3 is 0.845 bits per heavy atom. The zero-order chi connectivity index (χ0) is 97.0. The van der Waals surface area contributed by atoms with Crippen molar-refractivity contribution in [3.05, 3.63) is 538 Å². The number of aryl methyl sites for hydroxylation is 6. The van der Waals surface area contributed by atoms with Gasteiger partial charge in [0.1, 0.15) is 34.6 Å². The molecule has 0 radical (unpaired) electrons. The van der Waals surface area contributed by atoms with Gasteiger partial charge in [0.05, 0.1) is 10.8 Å². The lowest BCUT2D eigenvalue weighted by Crippen LogP contribution is -2.30. The first-order chi connectivity index (χ1) is 69.6. The molecule has 21 rings (SSSR count). The van der Waals surface area contributed by atoms with Crippen molar-refractivity contribution < 1.29 is 18.3 Å². The zero-order valence-corrected chi connectivity index (χ0v) is 81.5. The molecule has 0 aliphatic heterocycles. The van der Waals surface area contributed by atoms with Crippen LogP contribution in [0.3, 0.4) is 0 Å². The molecule has 0 heterocycles. The molecule has 0 bridgehead atoms. The van der Waals surface area contributed by atoms with Crippen LogP contribution in [0.2, 0.25) is 0 Å². The number of unbranched alkanes of at least 4 members (excludes halogenated alkanes) is 6. The van der Waals surface area contributed by atoms with Crippen LogP contribution >= 0.6 is 0 Å². The van der Waals surface area contributed by atoms with E-state index in [2.05, 4.69) is 392 Å². The molecule has 2 atom stereocenters. The van der Waals surface area contributed by atoms with Gasteiger partial charge in [0, 0.05) is 34.1 Å². The van der Waals surface area contributed by atoms with Crippen LogP contribution in [0.4, 0.5) is 42.9 Å². The predicted octanol–water partition coefficient (Wildman–Crippen LogP) is 38.0. The number of anilines is 6. The van der Waals surface area contributed by atoms with Crippen LogP contribution in [0.15, 0.2) is 438 Å². The molecule has 0 amide bonds.